The largest absolute Gasteiger partial charge is 0.469 e. The van der Waals surface area contributed by atoms with Gasteiger partial charge >= 0.3 is 5.97 Å². The number of fused-ring (bicyclic) bond motifs is 1. The molecule has 4 heterocycles. The molecule has 1 aromatic carbocycles. The second-order valence-electron chi connectivity index (χ2n) is 10.8. The molecule has 0 spiro atoms. The van der Waals surface area contributed by atoms with Crippen LogP contribution in [0.1, 0.15) is 52.2 Å². The molecule has 1 unspecified atom stereocenters. The molecule has 40 heavy (non-hydrogen) atoms. The fourth-order valence-electron chi connectivity index (χ4n) is 4.68. The Hall–Kier alpha value is -4.41. The Balaban J connectivity index is 1.31. The van der Waals surface area contributed by atoms with E-state index in [1.807, 2.05) is 45.0 Å². The smallest absolute Gasteiger partial charge is 0.306 e. The van der Waals surface area contributed by atoms with Crippen molar-refractivity contribution >= 4 is 23.2 Å². The molecule has 9 nitrogen and oxygen atoms in total. The molecule has 1 saturated heterocycles. The van der Waals surface area contributed by atoms with Gasteiger partial charge in [-0.1, -0.05) is 12.1 Å². The average Bonchev–Trinajstić information content (AvgIpc) is 3.47. The summed E-state index contributed by atoms with van der Waals surface area (Å²) in [4.78, 5) is 34.4. The number of esters is 1. The summed E-state index contributed by atoms with van der Waals surface area (Å²) in [5, 5.41) is 4.49. The van der Waals surface area contributed by atoms with Crippen molar-refractivity contribution in [1.82, 2.24) is 19.6 Å². The number of imidazole rings is 1. The summed E-state index contributed by atoms with van der Waals surface area (Å²) in [5.41, 5.74) is 2.18. The molecule has 11 heteroatoms. The average molecular weight is 550 g/mol. The highest BCUT2D eigenvalue weighted by molar-refractivity contribution is 5.96. The van der Waals surface area contributed by atoms with E-state index in [-0.39, 0.29) is 42.1 Å². The summed E-state index contributed by atoms with van der Waals surface area (Å²) >= 11 is 0. The lowest BCUT2D eigenvalue weighted by Gasteiger charge is -2.21. The zero-order valence-electron chi connectivity index (χ0n) is 22.6. The number of carbonyl (C=O) groups is 2. The van der Waals surface area contributed by atoms with Gasteiger partial charge in [0.15, 0.2) is 5.65 Å². The number of hydrogen-bond donors (Lipinski definition) is 0. The van der Waals surface area contributed by atoms with Crippen molar-refractivity contribution in [2.24, 2.45) is 5.92 Å². The molecular weight excluding hydrogens is 520 g/mol. The monoisotopic (exact) mass is 549 g/mol. The molecule has 208 valence electrons. The standard InChI is InChI=1S/C29H29F2N5O4/c1-17(22-13-20(30)14-33-28(22)31)39-25-10-9-24-32-15-23(36(24)34-25)19-5-7-21(8-6-19)35-16-18(11-26(35)37)12-27(38)40-29(2,3)4/h5-10,13-15,17-18H,11-12,16H2,1-4H3/t17?,18-/m1/s1. The minimum atomic E-state index is -0.837. The minimum absolute atomic E-state index is 0.0202. The maximum absolute atomic E-state index is 14.1. The van der Waals surface area contributed by atoms with Gasteiger partial charge in [-0.2, -0.15) is 4.39 Å². The second kappa shape index (κ2) is 10.6. The molecule has 0 radical (unpaired) electrons. The number of aromatic nitrogens is 4. The molecule has 1 fully saturated rings. The number of rotatable bonds is 7. The molecular formula is C29H29F2N5O4. The van der Waals surface area contributed by atoms with Crippen LogP contribution in [0.15, 0.2) is 54.9 Å². The number of hydrogen-bond acceptors (Lipinski definition) is 7. The van der Waals surface area contributed by atoms with Crippen molar-refractivity contribution in [1.29, 1.82) is 0 Å². The molecule has 1 amide bonds. The zero-order valence-corrected chi connectivity index (χ0v) is 22.6. The summed E-state index contributed by atoms with van der Waals surface area (Å²) in [6.45, 7) is 7.47. The van der Waals surface area contributed by atoms with Gasteiger partial charge in [0.25, 0.3) is 0 Å². The number of amides is 1. The van der Waals surface area contributed by atoms with Gasteiger partial charge in [0.05, 0.1) is 30.1 Å². The molecule has 5 rings (SSSR count). The Kier molecular flexibility index (Phi) is 7.22. The lowest BCUT2D eigenvalue weighted by molar-refractivity contribution is -0.155. The SMILES string of the molecule is CC(Oc1ccc2ncc(-c3ccc(N4C[C@@H](CC(=O)OC(C)(C)C)CC4=O)cc3)n2n1)c1cc(F)cnc1F. The van der Waals surface area contributed by atoms with Crippen molar-refractivity contribution in [2.75, 3.05) is 11.4 Å². The van der Waals surface area contributed by atoms with E-state index < -0.39 is 23.5 Å². The summed E-state index contributed by atoms with van der Waals surface area (Å²) in [6.07, 6.45) is 2.11. The maximum Gasteiger partial charge on any atom is 0.306 e. The van der Waals surface area contributed by atoms with E-state index >= 15 is 0 Å². The van der Waals surface area contributed by atoms with Gasteiger partial charge in [0.2, 0.25) is 17.7 Å². The van der Waals surface area contributed by atoms with Crippen LogP contribution in [0.25, 0.3) is 16.9 Å². The third-order valence-corrected chi connectivity index (χ3v) is 6.46. The Morgan fingerprint density at radius 3 is 2.58 bits per heavy atom. The van der Waals surface area contributed by atoms with E-state index in [0.29, 0.717) is 17.9 Å². The van der Waals surface area contributed by atoms with Crippen LogP contribution < -0.4 is 9.64 Å². The maximum atomic E-state index is 14.1. The van der Waals surface area contributed by atoms with Crippen molar-refractivity contribution in [3.05, 3.63) is 72.2 Å². The fourth-order valence-corrected chi connectivity index (χ4v) is 4.68. The van der Waals surface area contributed by atoms with Crippen LogP contribution >= 0.6 is 0 Å². The van der Waals surface area contributed by atoms with E-state index in [2.05, 4.69) is 15.1 Å². The molecule has 4 aromatic rings. The van der Waals surface area contributed by atoms with Gasteiger partial charge in [-0.25, -0.2) is 18.9 Å². The van der Waals surface area contributed by atoms with E-state index in [1.165, 1.54) is 0 Å². The minimum Gasteiger partial charge on any atom is -0.469 e. The summed E-state index contributed by atoms with van der Waals surface area (Å²) < 4.78 is 40.4. The van der Waals surface area contributed by atoms with Gasteiger partial charge in [-0.05, 0) is 57.9 Å². The molecule has 1 aliphatic rings. The zero-order chi connectivity index (χ0) is 28.6. The number of pyridine rings is 1. The van der Waals surface area contributed by atoms with Crippen LogP contribution in [0.4, 0.5) is 14.5 Å². The first kappa shape index (κ1) is 27.2. The Morgan fingerprint density at radius 2 is 1.85 bits per heavy atom. The lowest BCUT2D eigenvalue weighted by atomic mass is 10.0. The van der Waals surface area contributed by atoms with E-state index in [0.717, 1.165) is 23.5 Å². The number of halogens is 2. The molecule has 0 saturated carbocycles. The molecule has 1 aliphatic heterocycles. The van der Waals surface area contributed by atoms with Gasteiger partial charge in [-0.3, -0.25) is 9.59 Å². The fraction of sp³-hybridized carbons (Fsp3) is 0.345. The van der Waals surface area contributed by atoms with E-state index in [9.17, 15) is 18.4 Å². The van der Waals surface area contributed by atoms with Crippen LogP contribution in [-0.2, 0) is 14.3 Å². The van der Waals surface area contributed by atoms with Crippen LogP contribution in [0.3, 0.4) is 0 Å². The molecule has 3 aromatic heterocycles. The third kappa shape index (κ3) is 5.93. The predicted molar refractivity (Wildman–Crippen MR) is 143 cm³/mol. The first-order chi connectivity index (χ1) is 19.0. The third-order valence-electron chi connectivity index (χ3n) is 6.46. The summed E-state index contributed by atoms with van der Waals surface area (Å²) in [6, 6.07) is 11.7. The van der Waals surface area contributed by atoms with Gasteiger partial charge in [0.1, 0.15) is 17.5 Å². The number of ether oxygens (including phenoxy) is 2. The number of nitrogens with zero attached hydrogens (tertiary/aromatic N) is 5. The Morgan fingerprint density at radius 1 is 1.10 bits per heavy atom. The lowest BCUT2D eigenvalue weighted by Crippen LogP contribution is -2.27. The van der Waals surface area contributed by atoms with Gasteiger partial charge in [-0.15, -0.1) is 5.10 Å². The summed E-state index contributed by atoms with van der Waals surface area (Å²) in [5.74, 6) is -1.74. The van der Waals surface area contributed by atoms with Gasteiger partial charge in [0, 0.05) is 30.3 Å². The quantitative estimate of drug-likeness (QED) is 0.228. The first-order valence-corrected chi connectivity index (χ1v) is 12.9. The molecule has 0 bridgehead atoms. The highest BCUT2D eigenvalue weighted by Crippen LogP contribution is 2.30. The van der Waals surface area contributed by atoms with E-state index in [4.69, 9.17) is 9.47 Å². The van der Waals surface area contributed by atoms with Crippen LogP contribution in [0.5, 0.6) is 5.88 Å². The Labute approximate surface area is 229 Å². The number of carbonyl (C=O) groups excluding carboxylic acids is 2. The van der Waals surface area contributed by atoms with Crippen LogP contribution in [-0.4, -0.2) is 43.6 Å². The molecule has 0 N–H and O–H groups in total. The molecule has 2 atom stereocenters. The van der Waals surface area contributed by atoms with Gasteiger partial charge < -0.3 is 14.4 Å². The Bertz CT molecular complexity index is 1570. The number of benzene rings is 1. The second-order valence-corrected chi connectivity index (χ2v) is 10.8. The molecule has 0 aliphatic carbocycles. The summed E-state index contributed by atoms with van der Waals surface area (Å²) in [7, 11) is 0. The van der Waals surface area contributed by atoms with Crippen molar-refractivity contribution in [2.45, 2.75) is 52.2 Å². The first-order valence-electron chi connectivity index (χ1n) is 12.9. The normalized spacial score (nSPS) is 16.4. The van der Waals surface area contributed by atoms with Crippen LogP contribution in [0, 0.1) is 17.7 Å². The van der Waals surface area contributed by atoms with E-state index in [1.54, 1.807) is 34.7 Å². The van der Waals surface area contributed by atoms with Crippen LogP contribution in [0.2, 0.25) is 0 Å². The number of anilines is 1. The topological polar surface area (TPSA) is 98.9 Å². The van der Waals surface area contributed by atoms with Crippen molar-refractivity contribution in [3.63, 3.8) is 0 Å². The van der Waals surface area contributed by atoms with Crippen molar-refractivity contribution < 1.29 is 27.8 Å². The highest BCUT2D eigenvalue weighted by Gasteiger charge is 2.33. The highest BCUT2D eigenvalue weighted by atomic mass is 19.1. The predicted octanol–water partition coefficient (Wildman–Crippen LogP) is 5.29. The van der Waals surface area contributed by atoms with Crippen molar-refractivity contribution in [3.8, 4) is 17.1 Å².